The molecule has 0 heterocycles. The predicted molar refractivity (Wildman–Crippen MR) is 143 cm³/mol. The lowest BCUT2D eigenvalue weighted by atomic mass is 10.0. The topological polar surface area (TPSA) is 49.4 Å². The van der Waals surface area contributed by atoms with Crippen LogP contribution in [0.25, 0.3) is 0 Å². The Hall–Kier alpha value is -2.25. The average Bonchev–Trinajstić information content (AvgIpc) is 2.85. The van der Waals surface area contributed by atoms with Gasteiger partial charge in [-0.05, 0) is 35.4 Å². The van der Waals surface area contributed by atoms with Crippen LogP contribution in [-0.2, 0) is 28.3 Å². The molecule has 0 fully saturated rings. The second-order valence-corrected chi connectivity index (χ2v) is 9.99. The largest absolute Gasteiger partial charge is 0.357 e. The van der Waals surface area contributed by atoms with Crippen molar-refractivity contribution in [3.63, 3.8) is 0 Å². The van der Waals surface area contributed by atoms with Crippen LogP contribution in [0.1, 0.15) is 16.7 Å². The molecule has 0 saturated carbocycles. The molecule has 1 atom stereocenters. The number of carbonyl (C=O) groups is 2. The number of benzene rings is 3. The number of thioether (sulfide) groups is 1. The maximum absolute atomic E-state index is 14.1. The molecule has 1 N–H and O–H groups in total. The molecule has 3 aromatic carbocycles. The van der Waals surface area contributed by atoms with Crippen molar-refractivity contribution in [2.24, 2.45) is 0 Å². The Morgan fingerprint density at radius 1 is 0.943 bits per heavy atom. The molecule has 0 bridgehead atoms. The van der Waals surface area contributed by atoms with Gasteiger partial charge in [-0.1, -0.05) is 77.3 Å². The maximum atomic E-state index is 14.1. The van der Waals surface area contributed by atoms with Gasteiger partial charge in [0.15, 0.2) is 0 Å². The van der Waals surface area contributed by atoms with Gasteiger partial charge in [-0.25, -0.2) is 4.39 Å². The van der Waals surface area contributed by atoms with Gasteiger partial charge >= 0.3 is 0 Å². The van der Waals surface area contributed by atoms with Crippen LogP contribution >= 0.6 is 46.6 Å². The minimum absolute atomic E-state index is 0.0360. The van der Waals surface area contributed by atoms with Crippen LogP contribution in [0.4, 0.5) is 4.39 Å². The molecular formula is C26H24Cl3FN2O2S. The molecule has 184 valence electrons. The lowest BCUT2D eigenvalue weighted by Crippen LogP contribution is -2.50. The molecule has 0 aromatic heterocycles. The minimum Gasteiger partial charge on any atom is -0.357 e. The number of halogens is 4. The van der Waals surface area contributed by atoms with Crippen molar-refractivity contribution in [3.05, 3.63) is 104 Å². The number of nitrogens with zero attached hydrogens (tertiary/aromatic N) is 1. The zero-order valence-corrected chi connectivity index (χ0v) is 22.0. The molecule has 9 heteroatoms. The second kappa shape index (κ2) is 13.2. The normalized spacial score (nSPS) is 11.7. The van der Waals surface area contributed by atoms with Crippen molar-refractivity contribution in [2.45, 2.75) is 24.8 Å². The summed E-state index contributed by atoms with van der Waals surface area (Å²) < 4.78 is 14.1. The Balaban J connectivity index is 1.85. The smallest absolute Gasteiger partial charge is 0.242 e. The van der Waals surface area contributed by atoms with Crippen LogP contribution < -0.4 is 5.32 Å². The van der Waals surface area contributed by atoms with E-state index in [1.165, 1.54) is 35.8 Å². The number of rotatable bonds is 10. The third-order valence-corrected chi connectivity index (χ3v) is 7.43. The van der Waals surface area contributed by atoms with Gasteiger partial charge in [-0.3, -0.25) is 9.59 Å². The average molecular weight is 554 g/mol. The molecule has 0 aliphatic heterocycles. The first-order chi connectivity index (χ1) is 16.8. The van der Waals surface area contributed by atoms with E-state index in [1.807, 2.05) is 30.3 Å². The Morgan fingerprint density at radius 3 is 2.34 bits per heavy atom. The minimum atomic E-state index is -0.762. The highest BCUT2D eigenvalue weighted by Gasteiger charge is 2.30. The van der Waals surface area contributed by atoms with Crippen LogP contribution in [0.3, 0.4) is 0 Å². The molecule has 35 heavy (non-hydrogen) atoms. The molecule has 0 radical (unpaired) electrons. The fourth-order valence-electron chi connectivity index (χ4n) is 3.55. The molecule has 0 saturated heterocycles. The van der Waals surface area contributed by atoms with E-state index in [9.17, 15) is 14.0 Å². The van der Waals surface area contributed by atoms with Crippen molar-refractivity contribution in [1.29, 1.82) is 0 Å². The number of hydrogen-bond acceptors (Lipinski definition) is 3. The van der Waals surface area contributed by atoms with Gasteiger partial charge in [-0.15, -0.1) is 11.8 Å². The van der Waals surface area contributed by atoms with E-state index in [1.54, 1.807) is 24.3 Å². The lowest BCUT2D eigenvalue weighted by molar-refractivity contribution is -0.139. The molecule has 0 spiro atoms. The van der Waals surface area contributed by atoms with Crippen LogP contribution in [0, 0.1) is 5.82 Å². The standard InChI is InChI=1S/C26H24Cl3FN2O2S/c1-31-26(34)24(13-17-6-3-2-4-7-17)32(14-18-10-11-21(28)22(29)12-18)25(33)16-35-15-19-20(27)8-5-9-23(19)30/h2-12,24H,13-16H2,1H3,(H,31,34)/t24-/m0/s1. The summed E-state index contributed by atoms with van der Waals surface area (Å²) in [6.45, 7) is 0.154. The Morgan fingerprint density at radius 2 is 1.69 bits per heavy atom. The Labute approximate surface area is 223 Å². The lowest BCUT2D eigenvalue weighted by Gasteiger charge is -2.31. The van der Waals surface area contributed by atoms with Crippen LogP contribution in [0.5, 0.6) is 0 Å². The zero-order valence-electron chi connectivity index (χ0n) is 18.9. The monoisotopic (exact) mass is 552 g/mol. The highest BCUT2D eigenvalue weighted by molar-refractivity contribution is 7.99. The summed E-state index contributed by atoms with van der Waals surface area (Å²) in [6, 6.07) is 18.3. The quantitative estimate of drug-likeness (QED) is 0.316. The Bertz CT molecular complexity index is 1160. The first kappa shape index (κ1) is 27.3. The number of likely N-dealkylation sites (N-methyl/N-ethyl adjacent to an activating group) is 1. The Kier molecular flexibility index (Phi) is 10.3. The van der Waals surface area contributed by atoms with Crippen molar-refractivity contribution in [2.75, 3.05) is 12.8 Å². The molecule has 0 aliphatic carbocycles. The molecular weight excluding hydrogens is 530 g/mol. The number of nitrogens with one attached hydrogen (secondary N) is 1. The molecule has 0 unspecified atom stereocenters. The summed E-state index contributed by atoms with van der Waals surface area (Å²) in [5, 5.41) is 3.74. The van der Waals surface area contributed by atoms with Crippen molar-refractivity contribution in [1.82, 2.24) is 10.2 Å². The number of carbonyl (C=O) groups excluding carboxylic acids is 2. The van der Waals surface area contributed by atoms with Crippen molar-refractivity contribution in [3.8, 4) is 0 Å². The van der Waals surface area contributed by atoms with E-state index in [-0.39, 0.29) is 29.9 Å². The summed E-state index contributed by atoms with van der Waals surface area (Å²) in [7, 11) is 1.54. The zero-order chi connectivity index (χ0) is 25.4. The second-order valence-electron chi connectivity index (χ2n) is 7.78. The van der Waals surface area contributed by atoms with Gasteiger partial charge in [0.1, 0.15) is 11.9 Å². The summed E-state index contributed by atoms with van der Waals surface area (Å²) >= 11 is 19.6. The highest BCUT2D eigenvalue weighted by Crippen LogP contribution is 2.26. The molecule has 2 amide bonds. The van der Waals surface area contributed by atoms with Gasteiger partial charge in [-0.2, -0.15) is 0 Å². The van der Waals surface area contributed by atoms with Crippen molar-refractivity contribution < 1.29 is 14.0 Å². The molecule has 4 nitrogen and oxygen atoms in total. The van der Waals surface area contributed by atoms with E-state index >= 15 is 0 Å². The van der Waals surface area contributed by atoms with Gasteiger partial charge in [0, 0.05) is 36.4 Å². The summed E-state index contributed by atoms with van der Waals surface area (Å²) in [4.78, 5) is 27.9. The first-order valence-corrected chi connectivity index (χ1v) is 13.1. The van der Waals surface area contributed by atoms with Crippen LogP contribution in [0.15, 0.2) is 66.7 Å². The van der Waals surface area contributed by atoms with E-state index in [4.69, 9.17) is 34.8 Å². The maximum Gasteiger partial charge on any atom is 0.242 e. The predicted octanol–water partition coefficient (Wildman–Crippen LogP) is 6.41. The van der Waals surface area contributed by atoms with E-state index in [0.29, 0.717) is 27.1 Å². The molecule has 3 aromatic rings. The summed E-state index contributed by atoms with van der Waals surface area (Å²) in [5.41, 5.74) is 1.99. The highest BCUT2D eigenvalue weighted by atomic mass is 35.5. The van der Waals surface area contributed by atoms with Crippen molar-refractivity contribution >= 4 is 58.4 Å². The van der Waals surface area contributed by atoms with Gasteiger partial charge in [0.2, 0.25) is 11.8 Å². The van der Waals surface area contributed by atoms with E-state index in [2.05, 4.69) is 5.32 Å². The summed E-state index contributed by atoms with van der Waals surface area (Å²) in [5.74, 6) is -0.713. The first-order valence-electron chi connectivity index (χ1n) is 10.8. The number of hydrogen-bond donors (Lipinski definition) is 1. The SMILES string of the molecule is CNC(=O)[C@H](Cc1ccccc1)N(Cc1ccc(Cl)c(Cl)c1)C(=O)CSCc1c(F)cccc1Cl. The molecule has 0 aliphatic rings. The number of amides is 2. The van der Waals surface area contributed by atoms with Gasteiger partial charge < -0.3 is 10.2 Å². The molecule has 3 rings (SSSR count). The van der Waals surface area contributed by atoms with E-state index < -0.39 is 11.9 Å². The van der Waals surface area contributed by atoms with Crippen LogP contribution in [0.2, 0.25) is 15.1 Å². The fraction of sp³-hybridized carbons (Fsp3) is 0.231. The summed E-state index contributed by atoms with van der Waals surface area (Å²) in [6.07, 6.45) is 0.331. The van der Waals surface area contributed by atoms with Gasteiger partial charge in [0.05, 0.1) is 15.8 Å². The van der Waals surface area contributed by atoms with Crippen LogP contribution in [-0.4, -0.2) is 35.6 Å². The van der Waals surface area contributed by atoms with E-state index in [0.717, 1.165) is 11.1 Å². The third-order valence-electron chi connectivity index (χ3n) is 5.39. The third kappa shape index (κ3) is 7.61. The fourth-order valence-corrected chi connectivity index (χ4v) is 5.12. The van der Waals surface area contributed by atoms with Gasteiger partial charge in [0.25, 0.3) is 0 Å².